The summed E-state index contributed by atoms with van der Waals surface area (Å²) in [6.07, 6.45) is 0.748. The summed E-state index contributed by atoms with van der Waals surface area (Å²) in [6.45, 7) is 7.53. The highest BCUT2D eigenvalue weighted by atomic mass is 32.2. The Morgan fingerprint density at radius 3 is 2.21 bits per heavy atom. The van der Waals surface area contributed by atoms with Crippen LogP contribution in [0.4, 0.5) is 0 Å². The van der Waals surface area contributed by atoms with Crippen molar-refractivity contribution in [1.82, 2.24) is 9.44 Å². The summed E-state index contributed by atoms with van der Waals surface area (Å²) in [7, 11) is -3.42. The lowest BCUT2D eigenvalue weighted by molar-refractivity contribution is 0.480. The number of nitrogens with one attached hydrogen (secondary N) is 2. The summed E-state index contributed by atoms with van der Waals surface area (Å²) in [5.41, 5.74) is 5.12. The second-order valence-electron chi connectivity index (χ2n) is 4.37. The third-order valence-electron chi connectivity index (χ3n) is 1.50. The lowest BCUT2D eigenvalue weighted by Crippen LogP contribution is -2.49. The zero-order chi connectivity index (χ0) is 11.4. The lowest BCUT2D eigenvalue weighted by atomic mass is 10.1. The van der Waals surface area contributed by atoms with E-state index in [1.807, 2.05) is 6.92 Å². The van der Waals surface area contributed by atoms with E-state index in [-0.39, 0.29) is 12.6 Å². The maximum absolute atomic E-state index is 11.4. The standard InChI is InChI=1S/C8H21N3O2S/c1-5-7(9)6-10-14(12,13)11-8(2,3)4/h7,10-11H,5-6,9H2,1-4H3. The molecule has 5 nitrogen and oxygen atoms in total. The van der Waals surface area contributed by atoms with Gasteiger partial charge in [0.2, 0.25) is 0 Å². The first kappa shape index (κ1) is 13.8. The summed E-state index contributed by atoms with van der Waals surface area (Å²) < 4.78 is 27.7. The molecule has 0 bridgehead atoms. The van der Waals surface area contributed by atoms with Gasteiger partial charge in [-0.2, -0.15) is 13.1 Å². The molecule has 14 heavy (non-hydrogen) atoms. The van der Waals surface area contributed by atoms with Gasteiger partial charge in [0.05, 0.1) is 0 Å². The van der Waals surface area contributed by atoms with Gasteiger partial charge in [0.1, 0.15) is 0 Å². The molecular weight excluding hydrogens is 202 g/mol. The van der Waals surface area contributed by atoms with Crippen LogP contribution in [0.25, 0.3) is 0 Å². The highest BCUT2D eigenvalue weighted by molar-refractivity contribution is 7.87. The summed E-state index contributed by atoms with van der Waals surface area (Å²) in [4.78, 5) is 0. The second kappa shape index (κ2) is 5.06. The topological polar surface area (TPSA) is 84.2 Å². The summed E-state index contributed by atoms with van der Waals surface area (Å²) in [6, 6.07) is -0.133. The Labute approximate surface area is 86.6 Å². The number of hydrogen-bond acceptors (Lipinski definition) is 3. The number of rotatable bonds is 5. The Hall–Kier alpha value is -0.170. The largest absolute Gasteiger partial charge is 0.327 e. The summed E-state index contributed by atoms with van der Waals surface area (Å²) in [5.74, 6) is 0. The van der Waals surface area contributed by atoms with Gasteiger partial charge in [-0.05, 0) is 27.2 Å². The molecule has 6 heteroatoms. The van der Waals surface area contributed by atoms with Crippen molar-refractivity contribution in [3.63, 3.8) is 0 Å². The monoisotopic (exact) mass is 223 g/mol. The van der Waals surface area contributed by atoms with Crippen LogP contribution in [-0.4, -0.2) is 26.5 Å². The molecule has 1 unspecified atom stereocenters. The molecule has 0 aliphatic carbocycles. The Morgan fingerprint density at radius 2 is 1.86 bits per heavy atom. The minimum atomic E-state index is -3.42. The molecule has 0 amide bonds. The van der Waals surface area contributed by atoms with E-state index in [1.165, 1.54) is 0 Å². The molecule has 0 heterocycles. The van der Waals surface area contributed by atoms with Crippen LogP contribution in [0.2, 0.25) is 0 Å². The molecule has 0 saturated heterocycles. The van der Waals surface area contributed by atoms with Crippen molar-refractivity contribution in [2.24, 2.45) is 5.73 Å². The molecule has 0 aliphatic rings. The zero-order valence-electron chi connectivity index (χ0n) is 9.29. The van der Waals surface area contributed by atoms with Crippen LogP contribution in [-0.2, 0) is 10.2 Å². The maximum Gasteiger partial charge on any atom is 0.277 e. The van der Waals surface area contributed by atoms with Gasteiger partial charge in [0.25, 0.3) is 10.2 Å². The van der Waals surface area contributed by atoms with E-state index >= 15 is 0 Å². The van der Waals surface area contributed by atoms with E-state index in [2.05, 4.69) is 9.44 Å². The lowest BCUT2D eigenvalue weighted by Gasteiger charge is -2.21. The van der Waals surface area contributed by atoms with E-state index in [0.29, 0.717) is 0 Å². The van der Waals surface area contributed by atoms with E-state index < -0.39 is 15.7 Å². The number of nitrogens with two attached hydrogens (primary N) is 1. The maximum atomic E-state index is 11.4. The van der Waals surface area contributed by atoms with Crippen molar-refractivity contribution in [3.8, 4) is 0 Å². The van der Waals surface area contributed by atoms with E-state index in [9.17, 15) is 8.42 Å². The molecule has 0 aromatic heterocycles. The molecule has 1 atom stereocenters. The van der Waals surface area contributed by atoms with E-state index in [1.54, 1.807) is 20.8 Å². The normalized spacial score (nSPS) is 15.5. The van der Waals surface area contributed by atoms with Crippen molar-refractivity contribution in [1.29, 1.82) is 0 Å². The fraction of sp³-hybridized carbons (Fsp3) is 1.00. The van der Waals surface area contributed by atoms with Gasteiger partial charge in [-0.3, -0.25) is 0 Å². The molecule has 0 radical (unpaired) electrons. The van der Waals surface area contributed by atoms with Crippen LogP contribution in [0.15, 0.2) is 0 Å². The van der Waals surface area contributed by atoms with Crippen molar-refractivity contribution in [3.05, 3.63) is 0 Å². The van der Waals surface area contributed by atoms with Crippen LogP contribution < -0.4 is 15.2 Å². The molecule has 0 spiro atoms. The first-order valence-electron chi connectivity index (χ1n) is 4.70. The van der Waals surface area contributed by atoms with Crippen molar-refractivity contribution in [2.75, 3.05) is 6.54 Å². The molecule has 0 fully saturated rings. The highest BCUT2D eigenvalue weighted by Crippen LogP contribution is 2.00. The van der Waals surface area contributed by atoms with Crippen LogP contribution >= 0.6 is 0 Å². The molecule has 86 valence electrons. The van der Waals surface area contributed by atoms with Gasteiger partial charge in [0.15, 0.2) is 0 Å². The third-order valence-corrected chi connectivity index (χ3v) is 2.93. The molecule has 0 aliphatic heterocycles. The van der Waals surface area contributed by atoms with Crippen LogP contribution in [0.1, 0.15) is 34.1 Å². The third kappa shape index (κ3) is 7.25. The predicted octanol–water partition coefficient (Wildman–Crippen LogP) is -0.0538. The molecular formula is C8H21N3O2S. The smallest absolute Gasteiger partial charge is 0.277 e. The van der Waals surface area contributed by atoms with Crippen molar-refractivity contribution >= 4 is 10.2 Å². The van der Waals surface area contributed by atoms with Crippen LogP contribution in [0.5, 0.6) is 0 Å². The average Bonchev–Trinajstić information content (AvgIpc) is 1.96. The SMILES string of the molecule is CCC(N)CNS(=O)(=O)NC(C)(C)C. The Morgan fingerprint density at radius 1 is 1.36 bits per heavy atom. The summed E-state index contributed by atoms with van der Waals surface area (Å²) in [5, 5.41) is 0. The zero-order valence-corrected chi connectivity index (χ0v) is 10.1. The van der Waals surface area contributed by atoms with Crippen molar-refractivity contribution < 1.29 is 8.42 Å². The van der Waals surface area contributed by atoms with Gasteiger partial charge >= 0.3 is 0 Å². The van der Waals surface area contributed by atoms with Gasteiger partial charge in [-0.15, -0.1) is 0 Å². The fourth-order valence-corrected chi connectivity index (χ4v) is 2.11. The Balaban J connectivity index is 4.10. The van der Waals surface area contributed by atoms with Gasteiger partial charge in [-0.1, -0.05) is 6.92 Å². The van der Waals surface area contributed by atoms with Gasteiger partial charge in [-0.25, -0.2) is 4.72 Å². The molecule has 0 saturated carbocycles. The quantitative estimate of drug-likeness (QED) is 0.611. The van der Waals surface area contributed by atoms with E-state index in [4.69, 9.17) is 5.73 Å². The Kier molecular flexibility index (Phi) is 5.00. The van der Waals surface area contributed by atoms with Crippen LogP contribution in [0, 0.1) is 0 Å². The molecule has 0 aromatic rings. The van der Waals surface area contributed by atoms with Crippen LogP contribution in [0.3, 0.4) is 0 Å². The Bertz CT molecular complexity index is 256. The first-order chi connectivity index (χ1) is 6.16. The minimum Gasteiger partial charge on any atom is -0.327 e. The van der Waals surface area contributed by atoms with Gasteiger partial charge < -0.3 is 5.73 Å². The molecule has 4 N–H and O–H groups in total. The summed E-state index contributed by atoms with van der Waals surface area (Å²) >= 11 is 0. The minimum absolute atomic E-state index is 0.133. The molecule has 0 rings (SSSR count). The van der Waals surface area contributed by atoms with E-state index in [0.717, 1.165) is 6.42 Å². The second-order valence-corrected chi connectivity index (χ2v) is 5.87. The predicted molar refractivity (Wildman–Crippen MR) is 58.1 cm³/mol. The molecule has 0 aromatic carbocycles. The van der Waals surface area contributed by atoms with Crippen molar-refractivity contribution in [2.45, 2.75) is 45.7 Å². The number of hydrogen-bond donors (Lipinski definition) is 3. The highest BCUT2D eigenvalue weighted by Gasteiger charge is 2.19. The average molecular weight is 223 g/mol. The first-order valence-corrected chi connectivity index (χ1v) is 6.19. The van der Waals surface area contributed by atoms with Gasteiger partial charge in [0, 0.05) is 18.1 Å². The fourth-order valence-electron chi connectivity index (χ4n) is 0.800.